The maximum absolute atomic E-state index is 13.9. The second-order valence-corrected chi connectivity index (χ2v) is 12.4. The monoisotopic (exact) mass is 547 g/mol. The van der Waals surface area contributed by atoms with E-state index < -0.39 is 29.6 Å². The number of benzene rings is 1. The Balaban J connectivity index is 1.62. The first-order valence-corrected chi connectivity index (χ1v) is 14.6. The molecule has 0 aromatic heterocycles. The van der Waals surface area contributed by atoms with Gasteiger partial charge in [0.25, 0.3) is 0 Å². The third kappa shape index (κ3) is 4.61. The Morgan fingerprint density at radius 1 is 1.10 bits per heavy atom. The van der Waals surface area contributed by atoms with E-state index in [-0.39, 0.29) is 30.0 Å². The van der Waals surface area contributed by atoms with Crippen LogP contribution in [0.5, 0.6) is 0 Å². The van der Waals surface area contributed by atoms with Gasteiger partial charge in [-0.15, -0.1) is 0 Å². The van der Waals surface area contributed by atoms with Gasteiger partial charge in [-0.1, -0.05) is 37.6 Å². The Morgan fingerprint density at radius 2 is 1.82 bits per heavy atom. The lowest BCUT2D eigenvalue weighted by molar-refractivity contribution is -0.186. The molecular weight excluding hydrogens is 506 g/mol. The molecule has 5 rings (SSSR count). The Kier molecular flexibility index (Phi) is 7.53. The van der Waals surface area contributed by atoms with Gasteiger partial charge in [0, 0.05) is 57.3 Å². The molecule has 1 aromatic carbocycles. The number of fused-ring (bicyclic) bond motifs is 4. The highest BCUT2D eigenvalue weighted by molar-refractivity contribution is 5.93. The molecule has 0 aliphatic heterocycles. The van der Waals surface area contributed by atoms with Gasteiger partial charge in [-0.3, -0.25) is 19.2 Å². The van der Waals surface area contributed by atoms with Gasteiger partial charge in [-0.2, -0.15) is 0 Å². The number of carbonyl (C=O) groups is 4. The highest BCUT2D eigenvalue weighted by Gasteiger charge is 2.68. The third-order valence-electron chi connectivity index (χ3n) is 10.1. The van der Waals surface area contributed by atoms with Gasteiger partial charge < -0.3 is 14.4 Å². The maximum Gasteiger partial charge on any atom is 0.305 e. The molecular formula is C33H41NO6. The molecule has 0 N–H and O–H groups in total. The quantitative estimate of drug-likeness (QED) is 0.418. The van der Waals surface area contributed by atoms with Crippen LogP contribution in [-0.4, -0.2) is 49.8 Å². The summed E-state index contributed by atoms with van der Waals surface area (Å²) in [4.78, 5) is 52.9. The van der Waals surface area contributed by atoms with Crippen molar-refractivity contribution in [2.45, 2.75) is 83.7 Å². The number of anilines is 1. The van der Waals surface area contributed by atoms with E-state index in [9.17, 15) is 19.2 Å². The van der Waals surface area contributed by atoms with Crippen molar-refractivity contribution in [2.75, 3.05) is 25.6 Å². The number of ether oxygens (including phenoxy) is 2. The number of nitrogens with zero attached hydrogens (tertiary/aromatic N) is 1. The predicted molar refractivity (Wildman–Crippen MR) is 152 cm³/mol. The zero-order chi connectivity index (χ0) is 28.8. The molecule has 3 fully saturated rings. The first-order chi connectivity index (χ1) is 19.0. The lowest BCUT2D eigenvalue weighted by atomic mass is 9.51. The molecule has 1 aromatic rings. The molecule has 214 valence electrons. The van der Waals surface area contributed by atoms with Crippen molar-refractivity contribution in [3.05, 3.63) is 52.6 Å². The van der Waals surface area contributed by atoms with E-state index in [4.69, 9.17) is 9.47 Å². The summed E-state index contributed by atoms with van der Waals surface area (Å²) in [5.74, 6) is -0.651. The van der Waals surface area contributed by atoms with Crippen LogP contribution in [0.3, 0.4) is 0 Å². The molecule has 5 atom stereocenters. The largest absolute Gasteiger partial charge is 0.457 e. The Hall–Kier alpha value is -3.22. The van der Waals surface area contributed by atoms with Crippen molar-refractivity contribution < 1.29 is 28.7 Å². The summed E-state index contributed by atoms with van der Waals surface area (Å²) in [6, 6.07) is 8.59. The van der Waals surface area contributed by atoms with Crippen LogP contribution in [0.1, 0.15) is 83.6 Å². The highest BCUT2D eigenvalue weighted by Crippen LogP contribution is 2.67. The van der Waals surface area contributed by atoms with Crippen LogP contribution in [0.15, 0.2) is 47.1 Å². The summed E-state index contributed by atoms with van der Waals surface area (Å²) in [5.41, 5.74) is 4.18. The van der Waals surface area contributed by atoms with Crippen LogP contribution in [-0.2, 0) is 28.7 Å². The van der Waals surface area contributed by atoms with Crippen molar-refractivity contribution >= 4 is 29.2 Å². The van der Waals surface area contributed by atoms with Crippen LogP contribution >= 0.6 is 0 Å². The molecule has 7 heteroatoms. The molecule has 4 aliphatic carbocycles. The minimum Gasteiger partial charge on any atom is -0.457 e. The van der Waals surface area contributed by atoms with Crippen LogP contribution in [0.2, 0.25) is 0 Å². The number of rotatable bonds is 7. The van der Waals surface area contributed by atoms with Gasteiger partial charge in [0.15, 0.2) is 12.2 Å². The summed E-state index contributed by atoms with van der Waals surface area (Å²) in [6.45, 7) is 4.76. The first kappa shape index (κ1) is 28.3. The Labute approximate surface area is 237 Å². The van der Waals surface area contributed by atoms with Gasteiger partial charge in [0.2, 0.25) is 5.78 Å². The number of allylic oxidation sites excluding steroid dienone is 4. The minimum absolute atomic E-state index is 0.0217. The summed E-state index contributed by atoms with van der Waals surface area (Å²) >= 11 is 0. The standard InChI is InChI=1S/C33H41NO6/c1-6-30(38)39-19-29(37)33(40-20(2)35)16-15-28-26-13-9-22-17-24(36)12-14-25(22)31(26)27(18-32(28,33)3)21-7-10-23(11-8-21)34(4)5/h7-11,26-28H,6,12-19H2,1-5H3/t26?,27?,28?,32-,33-/m0/s1. The Bertz CT molecular complexity index is 1290. The van der Waals surface area contributed by atoms with Crippen molar-refractivity contribution in [1.82, 2.24) is 0 Å². The second kappa shape index (κ2) is 10.6. The second-order valence-electron chi connectivity index (χ2n) is 12.4. The molecule has 0 heterocycles. The molecule has 3 saturated carbocycles. The highest BCUT2D eigenvalue weighted by atomic mass is 16.6. The number of ketones is 2. The fourth-order valence-electron chi connectivity index (χ4n) is 8.18. The molecule has 0 spiro atoms. The SMILES string of the molecule is CCC(=O)OCC(=O)[C@@]1(OC(C)=O)CCC2C3CC=C4CC(=O)CCC4=C3C(c3ccc(N(C)C)cc3)C[C@@]21C. The molecule has 0 saturated heterocycles. The summed E-state index contributed by atoms with van der Waals surface area (Å²) < 4.78 is 11.4. The number of hydrogen-bond donors (Lipinski definition) is 0. The molecule has 0 amide bonds. The van der Waals surface area contributed by atoms with Gasteiger partial charge >= 0.3 is 11.9 Å². The Morgan fingerprint density at radius 3 is 2.48 bits per heavy atom. The lowest BCUT2D eigenvalue weighted by Gasteiger charge is -2.54. The average Bonchev–Trinajstić information content (AvgIpc) is 3.22. The van der Waals surface area contributed by atoms with Crippen LogP contribution in [0, 0.1) is 17.3 Å². The van der Waals surface area contributed by atoms with Crippen molar-refractivity contribution in [2.24, 2.45) is 17.3 Å². The van der Waals surface area contributed by atoms with Crippen molar-refractivity contribution in [3.8, 4) is 0 Å². The van der Waals surface area contributed by atoms with E-state index in [0.29, 0.717) is 31.5 Å². The molecule has 0 radical (unpaired) electrons. The van der Waals surface area contributed by atoms with Gasteiger partial charge in [-0.25, -0.2) is 0 Å². The minimum atomic E-state index is -1.36. The van der Waals surface area contributed by atoms with Gasteiger partial charge in [-0.05, 0) is 72.8 Å². The zero-order valence-corrected chi connectivity index (χ0v) is 24.4. The van der Waals surface area contributed by atoms with Crippen LogP contribution in [0.4, 0.5) is 5.69 Å². The molecule has 0 bridgehead atoms. The van der Waals surface area contributed by atoms with E-state index in [0.717, 1.165) is 24.9 Å². The number of carbonyl (C=O) groups excluding carboxylic acids is 4. The summed E-state index contributed by atoms with van der Waals surface area (Å²) in [5, 5.41) is 0. The van der Waals surface area contributed by atoms with Crippen molar-refractivity contribution in [1.29, 1.82) is 0 Å². The zero-order valence-electron chi connectivity index (χ0n) is 24.4. The normalized spacial score (nSPS) is 31.0. The molecule has 40 heavy (non-hydrogen) atoms. The van der Waals surface area contributed by atoms with E-state index in [1.54, 1.807) is 6.92 Å². The van der Waals surface area contributed by atoms with Crippen LogP contribution in [0.25, 0.3) is 0 Å². The van der Waals surface area contributed by atoms with E-state index in [2.05, 4.69) is 42.2 Å². The van der Waals surface area contributed by atoms with Crippen molar-refractivity contribution in [3.63, 3.8) is 0 Å². The number of Topliss-reactive ketones (excluding diaryl/α,β-unsaturated/α-hetero) is 2. The first-order valence-electron chi connectivity index (χ1n) is 14.6. The van der Waals surface area contributed by atoms with Gasteiger partial charge in [0.05, 0.1) is 0 Å². The molecule has 7 nitrogen and oxygen atoms in total. The van der Waals surface area contributed by atoms with Gasteiger partial charge in [0.1, 0.15) is 5.78 Å². The molecule has 4 aliphatic rings. The van der Waals surface area contributed by atoms with E-state index >= 15 is 0 Å². The van der Waals surface area contributed by atoms with Crippen LogP contribution < -0.4 is 4.90 Å². The van der Waals surface area contributed by atoms with E-state index in [1.165, 1.54) is 29.2 Å². The number of esters is 2. The average molecular weight is 548 g/mol. The maximum atomic E-state index is 13.9. The fraction of sp³-hybridized carbons (Fsp3) is 0.576. The summed E-state index contributed by atoms with van der Waals surface area (Å²) in [7, 11) is 4.03. The fourth-order valence-corrected chi connectivity index (χ4v) is 8.18. The predicted octanol–water partition coefficient (Wildman–Crippen LogP) is 5.48. The lowest BCUT2D eigenvalue weighted by Crippen LogP contribution is -2.58. The van der Waals surface area contributed by atoms with E-state index in [1.807, 2.05) is 14.1 Å². The summed E-state index contributed by atoms with van der Waals surface area (Å²) in [6.07, 6.45) is 6.84. The third-order valence-corrected chi connectivity index (χ3v) is 10.1. The number of hydrogen-bond acceptors (Lipinski definition) is 7. The smallest absolute Gasteiger partial charge is 0.305 e. The topological polar surface area (TPSA) is 90.0 Å². The molecule has 3 unspecified atom stereocenters.